The summed E-state index contributed by atoms with van der Waals surface area (Å²) in [5.74, 6) is 0.631. The number of piperidine rings is 1. The van der Waals surface area contributed by atoms with E-state index in [0.717, 1.165) is 38.9 Å². The molecule has 2 aliphatic rings. The van der Waals surface area contributed by atoms with E-state index in [9.17, 15) is 4.79 Å². The van der Waals surface area contributed by atoms with Crippen molar-refractivity contribution in [2.45, 2.75) is 25.3 Å². The van der Waals surface area contributed by atoms with Crippen LogP contribution in [0.5, 0.6) is 0 Å². The van der Waals surface area contributed by atoms with E-state index in [-0.39, 0.29) is 18.6 Å². The van der Waals surface area contributed by atoms with Crippen LogP contribution in [0.3, 0.4) is 0 Å². The van der Waals surface area contributed by atoms with Crippen molar-refractivity contribution >= 4 is 5.91 Å². The zero-order chi connectivity index (χ0) is 10.8. The van der Waals surface area contributed by atoms with E-state index in [1.165, 1.54) is 0 Å². The van der Waals surface area contributed by atoms with Crippen molar-refractivity contribution < 1.29 is 9.90 Å². The number of likely N-dealkylation sites (tertiary alicyclic amines) is 2. The molecule has 0 aromatic heterocycles. The van der Waals surface area contributed by atoms with Gasteiger partial charge in [-0.3, -0.25) is 9.69 Å². The van der Waals surface area contributed by atoms with Gasteiger partial charge in [0.05, 0.1) is 6.04 Å². The summed E-state index contributed by atoms with van der Waals surface area (Å²) in [6, 6.07) is 0.0874. The van der Waals surface area contributed by atoms with Crippen LogP contribution in [-0.2, 0) is 4.79 Å². The molecule has 1 N–H and O–H groups in total. The number of likely N-dealkylation sites (N-methyl/N-ethyl adjacent to an activating group) is 1. The molecule has 0 radical (unpaired) electrons. The molecule has 0 bridgehead atoms. The summed E-state index contributed by atoms with van der Waals surface area (Å²) in [5.41, 5.74) is 0. The summed E-state index contributed by atoms with van der Waals surface area (Å²) in [6.45, 7) is 3.04. The normalized spacial score (nSPS) is 33.7. The molecule has 0 aromatic rings. The van der Waals surface area contributed by atoms with Crippen LogP contribution in [0.4, 0.5) is 0 Å². The predicted molar refractivity (Wildman–Crippen MR) is 57.4 cm³/mol. The first-order chi connectivity index (χ1) is 7.22. The number of hydrogen-bond donors (Lipinski definition) is 1. The minimum Gasteiger partial charge on any atom is -0.396 e. The predicted octanol–water partition coefficient (Wildman–Crippen LogP) is -0.0786. The Hall–Kier alpha value is -0.610. The van der Waals surface area contributed by atoms with Crippen LogP contribution in [0.25, 0.3) is 0 Å². The van der Waals surface area contributed by atoms with Crippen LogP contribution < -0.4 is 0 Å². The zero-order valence-electron chi connectivity index (χ0n) is 9.35. The number of nitrogens with zero attached hydrogens (tertiary/aromatic N) is 2. The Morgan fingerprint density at radius 2 is 2.20 bits per heavy atom. The number of rotatable bonds is 2. The molecule has 2 unspecified atom stereocenters. The van der Waals surface area contributed by atoms with Crippen molar-refractivity contribution in [3.8, 4) is 0 Å². The Labute approximate surface area is 90.9 Å². The molecule has 4 heteroatoms. The smallest absolute Gasteiger partial charge is 0.239 e. The molecule has 4 nitrogen and oxygen atoms in total. The summed E-state index contributed by atoms with van der Waals surface area (Å²) in [5, 5.41) is 9.15. The van der Waals surface area contributed by atoms with E-state index >= 15 is 0 Å². The van der Waals surface area contributed by atoms with E-state index in [4.69, 9.17) is 5.11 Å². The molecule has 0 aromatic carbocycles. The highest BCUT2D eigenvalue weighted by Crippen LogP contribution is 2.23. The lowest BCUT2D eigenvalue weighted by molar-refractivity contribution is -0.131. The topological polar surface area (TPSA) is 43.8 Å². The van der Waals surface area contributed by atoms with E-state index < -0.39 is 0 Å². The Kier molecular flexibility index (Phi) is 3.26. The molecular weight excluding hydrogens is 192 g/mol. The maximum atomic E-state index is 11.8. The monoisotopic (exact) mass is 212 g/mol. The van der Waals surface area contributed by atoms with Gasteiger partial charge in [0.25, 0.3) is 0 Å². The van der Waals surface area contributed by atoms with Gasteiger partial charge < -0.3 is 10.0 Å². The van der Waals surface area contributed by atoms with Gasteiger partial charge >= 0.3 is 0 Å². The van der Waals surface area contributed by atoms with Gasteiger partial charge in [-0.1, -0.05) is 0 Å². The van der Waals surface area contributed by atoms with Gasteiger partial charge in [0.15, 0.2) is 0 Å². The van der Waals surface area contributed by atoms with Crippen molar-refractivity contribution in [1.29, 1.82) is 0 Å². The van der Waals surface area contributed by atoms with Crippen LogP contribution in [0.1, 0.15) is 19.3 Å². The standard InChI is InChI=1S/C11H20N2O2/c1-12-6-4-10(11(12)15)13-5-2-3-9(7-13)8-14/h9-10,14H,2-8H2,1H3. The third-order valence-corrected chi connectivity index (χ3v) is 3.65. The molecule has 2 heterocycles. The quantitative estimate of drug-likeness (QED) is 0.696. The van der Waals surface area contributed by atoms with Gasteiger partial charge in [0.1, 0.15) is 0 Å². The van der Waals surface area contributed by atoms with Crippen molar-refractivity contribution in [2.75, 3.05) is 33.3 Å². The summed E-state index contributed by atoms with van der Waals surface area (Å²) >= 11 is 0. The highest BCUT2D eigenvalue weighted by atomic mass is 16.3. The number of carbonyl (C=O) groups is 1. The molecule has 15 heavy (non-hydrogen) atoms. The van der Waals surface area contributed by atoms with E-state index in [2.05, 4.69) is 4.90 Å². The van der Waals surface area contributed by atoms with Crippen molar-refractivity contribution in [2.24, 2.45) is 5.92 Å². The Morgan fingerprint density at radius 3 is 2.80 bits per heavy atom. The fourth-order valence-corrected chi connectivity index (χ4v) is 2.67. The second-order valence-electron chi connectivity index (χ2n) is 4.75. The van der Waals surface area contributed by atoms with Crippen molar-refractivity contribution in [1.82, 2.24) is 9.80 Å². The van der Waals surface area contributed by atoms with E-state index in [1.807, 2.05) is 11.9 Å². The van der Waals surface area contributed by atoms with Gasteiger partial charge in [0, 0.05) is 26.7 Å². The highest BCUT2D eigenvalue weighted by molar-refractivity contribution is 5.83. The zero-order valence-corrected chi connectivity index (χ0v) is 9.35. The first-order valence-corrected chi connectivity index (χ1v) is 5.82. The lowest BCUT2D eigenvalue weighted by atomic mass is 9.97. The van der Waals surface area contributed by atoms with E-state index in [0.29, 0.717) is 5.92 Å². The first kappa shape index (κ1) is 10.9. The van der Waals surface area contributed by atoms with Crippen LogP contribution in [0, 0.1) is 5.92 Å². The van der Waals surface area contributed by atoms with Crippen LogP contribution in [0.15, 0.2) is 0 Å². The summed E-state index contributed by atoms with van der Waals surface area (Å²) in [4.78, 5) is 15.9. The number of hydrogen-bond acceptors (Lipinski definition) is 3. The SMILES string of the molecule is CN1CCC(N2CCCC(CO)C2)C1=O. The van der Waals surface area contributed by atoms with E-state index in [1.54, 1.807) is 0 Å². The Morgan fingerprint density at radius 1 is 1.40 bits per heavy atom. The fourth-order valence-electron chi connectivity index (χ4n) is 2.67. The number of amides is 1. The second kappa shape index (κ2) is 4.49. The lowest BCUT2D eigenvalue weighted by Gasteiger charge is -2.35. The molecule has 2 atom stereocenters. The maximum Gasteiger partial charge on any atom is 0.239 e. The molecule has 2 fully saturated rings. The van der Waals surface area contributed by atoms with Crippen LogP contribution in [0.2, 0.25) is 0 Å². The van der Waals surface area contributed by atoms with Gasteiger partial charge in [-0.25, -0.2) is 0 Å². The lowest BCUT2D eigenvalue weighted by Crippen LogP contribution is -2.46. The molecule has 2 rings (SSSR count). The minimum atomic E-state index is 0.0874. The molecular formula is C11H20N2O2. The maximum absolute atomic E-state index is 11.8. The average molecular weight is 212 g/mol. The van der Waals surface area contributed by atoms with Gasteiger partial charge in [0.2, 0.25) is 5.91 Å². The third kappa shape index (κ3) is 2.16. The highest BCUT2D eigenvalue weighted by Gasteiger charge is 2.35. The number of carbonyl (C=O) groups excluding carboxylic acids is 1. The first-order valence-electron chi connectivity index (χ1n) is 5.82. The van der Waals surface area contributed by atoms with Crippen molar-refractivity contribution in [3.05, 3.63) is 0 Å². The summed E-state index contributed by atoms with van der Waals surface area (Å²) in [6.07, 6.45) is 3.16. The van der Waals surface area contributed by atoms with Crippen LogP contribution >= 0.6 is 0 Å². The fraction of sp³-hybridized carbons (Fsp3) is 0.909. The van der Waals surface area contributed by atoms with Gasteiger partial charge in [-0.05, 0) is 31.7 Å². The Bertz CT molecular complexity index is 245. The van der Waals surface area contributed by atoms with Crippen molar-refractivity contribution in [3.63, 3.8) is 0 Å². The largest absolute Gasteiger partial charge is 0.396 e. The molecule has 2 saturated heterocycles. The van der Waals surface area contributed by atoms with Crippen LogP contribution in [-0.4, -0.2) is 60.1 Å². The second-order valence-corrected chi connectivity index (χ2v) is 4.75. The molecule has 0 spiro atoms. The number of aliphatic hydroxyl groups is 1. The molecule has 86 valence electrons. The number of aliphatic hydroxyl groups excluding tert-OH is 1. The minimum absolute atomic E-state index is 0.0874. The molecule has 0 aliphatic carbocycles. The molecule has 2 aliphatic heterocycles. The van der Waals surface area contributed by atoms with Gasteiger partial charge in [-0.15, -0.1) is 0 Å². The molecule has 0 saturated carbocycles. The Balaban J connectivity index is 1.95. The molecule has 1 amide bonds. The van der Waals surface area contributed by atoms with Gasteiger partial charge in [-0.2, -0.15) is 0 Å². The average Bonchev–Trinajstić information content (AvgIpc) is 2.60. The third-order valence-electron chi connectivity index (χ3n) is 3.65. The summed E-state index contributed by atoms with van der Waals surface area (Å²) in [7, 11) is 1.87. The summed E-state index contributed by atoms with van der Waals surface area (Å²) < 4.78 is 0.